The third-order valence-corrected chi connectivity index (χ3v) is 10.5. The van der Waals surface area contributed by atoms with Crippen LogP contribution in [0.3, 0.4) is 0 Å². The number of nitrogens with zero attached hydrogens (tertiary/aromatic N) is 4. The van der Waals surface area contributed by atoms with Crippen molar-refractivity contribution in [3.63, 3.8) is 0 Å². The van der Waals surface area contributed by atoms with Crippen LogP contribution in [0, 0.1) is 0 Å². The third-order valence-electron chi connectivity index (χ3n) is 4.78. The van der Waals surface area contributed by atoms with Crippen molar-refractivity contribution in [3.8, 4) is 11.5 Å². The van der Waals surface area contributed by atoms with Crippen LogP contribution in [-0.2, 0) is 14.1 Å². The van der Waals surface area contributed by atoms with Gasteiger partial charge in [0.05, 0.1) is 12.6 Å². The molecule has 0 amide bonds. The van der Waals surface area contributed by atoms with Crippen molar-refractivity contribution in [1.82, 2.24) is 19.6 Å². The molecule has 2 aromatic heterocycles. The normalized spacial score (nSPS) is 10.9. The Morgan fingerprint density at radius 3 is 1.49 bits per heavy atom. The van der Waals surface area contributed by atoms with E-state index in [1.807, 2.05) is 47.7 Å². The summed E-state index contributed by atoms with van der Waals surface area (Å²) in [5.74, 6) is 1.76. The molecule has 10 heteroatoms. The fourth-order valence-electron chi connectivity index (χ4n) is 3.25. The first-order valence-electron chi connectivity index (χ1n) is 12.8. The van der Waals surface area contributed by atoms with E-state index in [1.54, 1.807) is 14.2 Å². The van der Waals surface area contributed by atoms with E-state index in [0.29, 0.717) is 0 Å². The first-order chi connectivity index (χ1) is 17.1. The molecule has 0 radical (unpaired) electrons. The van der Waals surface area contributed by atoms with Gasteiger partial charge in [-0.1, -0.05) is 0 Å². The Kier molecular flexibility index (Phi) is 15.3. The predicted molar refractivity (Wildman–Crippen MR) is 175 cm³/mol. The van der Waals surface area contributed by atoms with Crippen molar-refractivity contribution in [2.24, 2.45) is 14.1 Å². The Morgan fingerprint density at radius 2 is 1.08 bits per heavy atom. The van der Waals surface area contributed by atoms with Gasteiger partial charge in [-0.25, -0.2) is 0 Å². The molecule has 6 nitrogen and oxygen atoms in total. The first-order valence-corrected chi connectivity index (χ1v) is 43.3. The molecule has 0 aliphatic heterocycles. The van der Waals surface area contributed by atoms with E-state index in [1.165, 1.54) is 14.6 Å². The first kappa shape index (κ1) is 34.9. The van der Waals surface area contributed by atoms with E-state index in [0.717, 1.165) is 27.0 Å². The zero-order valence-corrected chi connectivity index (χ0v) is 36.1. The molecule has 0 aliphatic carbocycles. The molecule has 2 aromatic carbocycles. The molecule has 0 unspecified atom stereocenters. The van der Waals surface area contributed by atoms with Crippen molar-refractivity contribution in [2.75, 3.05) is 14.2 Å². The standard InChI is InChI=1S/C9H9BrN2O.C9H9N2O.9CH3.3Sn.2H/c1-12-8-4-3-6(13-2)5-7(8)9(10)11-12;1-11-9-4-3-8(12-2)5-7(9)6-10-11;;;;;;;;;;;;;;/h3-5H,1-2H3;3-5H,1-2H3;9*1H3;;;;;. The second-order valence-electron chi connectivity index (χ2n) is 11.4. The van der Waals surface area contributed by atoms with E-state index < -0.39 is 57.9 Å². The maximum atomic E-state index is 5.29. The van der Waals surface area contributed by atoms with Crippen molar-refractivity contribution in [2.45, 2.75) is 44.5 Å². The van der Waals surface area contributed by atoms with Gasteiger partial charge in [0.25, 0.3) is 0 Å². The van der Waals surface area contributed by atoms with E-state index >= 15 is 0 Å². The van der Waals surface area contributed by atoms with Crippen molar-refractivity contribution in [3.05, 3.63) is 41.0 Å². The van der Waals surface area contributed by atoms with Crippen LogP contribution in [0.2, 0.25) is 44.5 Å². The summed E-state index contributed by atoms with van der Waals surface area (Å²) >= 11 is -0.0211. The summed E-state index contributed by atoms with van der Waals surface area (Å²) in [6, 6.07) is 12.1. The van der Waals surface area contributed by atoms with Crippen molar-refractivity contribution >= 4 is 99.3 Å². The van der Waals surface area contributed by atoms with Crippen LogP contribution < -0.4 is 13.2 Å². The Balaban J connectivity index is 0.000000291. The quantitative estimate of drug-likeness (QED) is 0.216. The minimum atomic E-state index is -2.14. The number of fused-ring (bicyclic) bond motifs is 2. The number of hydrogen-bond acceptors (Lipinski definition) is 4. The van der Waals surface area contributed by atoms with Gasteiger partial charge in [-0.2, -0.15) is 5.10 Å². The van der Waals surface area contributed by atoms with Gasteiger partial charge in [0.1, 0.15) is 10.4 Å². The molecule has 0 aliphatic rings. The average molecular weight is 896 g/mol. The molecule has 0 atom stereocenters. The molecule has 4 rings (SSSR count). The summed E-state index contributed by atoms with van der Waals surface area (Å²) in [5, 5.41) is 11.3. The number of halogens is 1. The molecular formula is C27H47BrN4O2Sn3. The number of rotatable bonds is 3. The molecule has 206 valence electrons. The summed E-state index contributed by atoms with van der Waals surface area (Å²) < 4.78 is 16.4. The fourth-order valence-corrected chi connectivity index (χ4v) is 7.97. The van der Waals surface area contributed by atoms with Crippen molar-refractivity contribution < 1.29 is 9.47 Å². The van der Waals surface area contributed by atoms with Crippen LogP contribution in [0.25, 0.3) is 21.8 Å². The van der Waals surface area contributed by atoms with Gasteiger partial charge in [-0.05, 0) is 34.1 Å². The van der Waals surface area contributed by atoms with Crippen LogP contribution in [-0.4, -0.2) is 91.7 Å². The van der Waals surface area contributed by atoms with Gasteiger partial charge in [-0.15, -0.1) is 0 Å². The van der Waals surface area contributed by atoms with Crippen LogP contribution in [0.4, 0.5) is 0 Å². The SMILES string of the molecule is COc1ccc2c(c1)[c]([Sn]([CH3])([CH3])[CH3])nn2C.COc1ccc2c(c1)c(Br)nn2C.[CH3][SnH]([CH3])[CH3].[CH3][SnH]([CH3])[CH3]. The molecule has 0 bridgehead atoms. The second-order valence-corrected chi connectivity index (χ2v) is 46.1. The van der Waals surface area contributed by atoms with Gasteiger partial charge in [0.2, 0.25) is 0 Å². The molecular weight excluding hydrogens is 848 g/mol. The Hall–Kier alpha value is -0.144. The van der Waals surface area contributed by atoms with E-state index in [2.05, 4.69) is 77.6 Å². The summed E-state index contributed by atoms with van der Waals surface area (Å²) in [5.41, 5.74) is 2.29. The van der Waals surface area contributed by atoms with Crippen LogP contribution >= 0.6 is 15.9 Å². The van der Waals surface area contributed by atoms with Crippen molar-refractivity contribution in [1.29, 1.82) is 0 Å². The monoisotopic (exact) mass is 898 g/mol. The molecule has 0 saturated heterocycles. The van der Waals surface area contributed by atoms with E-state index in [9.17, 15) is 0 Å². The second kappa shape index (κ2) is 16.2. The number of ether oxygens (including phenoxy) is 2. The molecule has 0 fully saturated rings. The topological polar surface area (TPSA) is 54.1 Å². The maximum absolute atomic E-state index is 5.29. The van der Waals surface area contributed by atoms with Crippen LogP contribution in [0.5, 0.6) is 11.5 Å². The number of benzene rings is 2. The molecule has 0 N–H and O–H groups in total. The number of hydrogen-bond donors (Lipinski definition) is 0. The van der Waals surface area contributed by atoms with Gasteiger partial charge in [-0.3, -0.25) is 4.68 Å². The predicted octanol–water partition coefficient (Wildman–Crippen LogP) is 6.68. The third kappa shape index (κ3) is 11.5. The van der Waals surface area contributed by atoms with E-state index in [4.69, 9.17) is 14.6 Å². The molecule has 0 saturated carbocycles. The number of aromatic nitrogens is 4. The van der Waals surface area contributed by atoms with Gasteiger partial charge >= 0.3 is 170 Å². The van der Waals surface area contributed by atoms with Gasteiger partial charge < -0.3 is 4.74 Å². The summed E-state index contributed by atoms with van der Waals surface area (Å²) in [6.45, 7) is 0. The molecule has 37 heavy (non-hydrogen) atoms. The van der Waals surface area contributed by atoms with E-state index in [-0.39, 0.29) is 0 Å². The van der Waals surface area contributed by atoms with Crippen LogP contribution in [0.15, 0.2) is 41.0 Å². The van der Waals surface area contributed by atoms with Gasteiger partial charge in [0, 0.05) is 12.4 Å². The molecule has 0 spiro atoms. The summed E-state index contributed by atoms with van der Waals surface area (Å²) in [6.07, 6.45) is 0. The minimum absolute atomic E-state index is 0.637. The summed E-state index contributed by atoms with van der Waals surface area (Å²) in [7, 11) is 7.29. The number of aryl methyl sites for hydroxylation is 2. The fraction of sp³-hybridized carbons (Fsp3) is 0.481. The molecule has 4 aromatic rings. The zero-order chi connectivity index (χ0) is 28.5. The number of methoxy groups -OCH3 is 2. The summed E-state index contributed by atoms with van der Waals surface area (Å²) in [4.78, 5) is 21.4. The zero-order valence-electron chi connectivity index (χ0n) is 25.1. The Labute approximate surface area is 251 Å². The average Bonchev–Trinajstić information content (AvgIpc) is 3.28. The Morgan fingerprint density at radius 1 is 0.703 bits per heavy atom. The Bertz CT molecular complexity index is 1250. The van der Waals surface area contributed by atoms with Gasteiger partial charge in [0.15, 0.2) is 0 Å². The molecule has 2 heterocycles. The van der Waals surface area contributed by atoms with Crippen LogP contribution in [0.1, 0.15) is 0 Å².